The number of methoxy groups -OCH3 is 2. The molecule has 0 spiro atoms. The second kappa shape index (κ2) is 10.3. The fourth-order valence-corrected chi connectivity index (χ4v) is 3.95. The molecule has 3 rings (SSSR count). The smallest absolute Gasteiger partial charge is 0.236 e. The minimum Gasteiger partial charge on any atom is -0.493 e. The number of piperidine rings is 1. The van der Waals surface area contributed by atoms with Crippen molar-refractivity contribution in [1.29, 1.82) is 0 Å². The lowest BCUT2D eigenvalue weighted by atomic mass is 9.90. The van der Waals surface area contributed by atoms with Crippen LogP contribution in [-0.4, -0.2) is 56.6 Å². The lowest BCUT2D eigenvalue weighted by molar-refractivity contribution is -0.132. The molecular formula is C24H32N2O3. The van der Waals surface area contributed by atoms with Crippen molar-refractivity contribution in [3.05, 3.63) is 59.7 Å². The molecule has 0 N–H and O–H groups in total. The van der Waals surface area contributed by atoms with Crippen molar-refractivity contribution in [3.63, 3.8) is 0 Å². The zero-order valence-electron chi connectivity index (χ0n) is 17.8. The maximum absolute atomic E-state index is 12.7. The fraction of sp³-hybridized carbons (Fsp3) is 0.458. The van der Waals surface area contributed by atoms with Crippen LogP contribution in [0.15, 0.2) is 48.5 Å². The van der Waals surface area contributed by atoms with Gasteiger partial charge in [-0.25, -0.2) is 0 Å². The highest BCUT2D eigenvalue weighted by molar-refractivity contribution is 5.78. The largest absolute Gasteiger partial charge is 0.493 e. The van der Waals surface area contributed by atoms with Crippen LogP contribution in [0.5, 0.6) is 11.5 Å². The van der Waals surface area contributed by atoms with Crippen LogP contribution >= 0.6 is 0 Å². The fourth-order valence-electron chi connectivity index (χ4n) is 3.95. The van der Waals surface area contributed by atoms with Crippen LogP contribution in [-0.2, 0) is 17.8 Å². The van der Waals surface area contributed by atoms with Crippen molar-refractivity contribution >= 4 is 5.91 Å². The summed E-state index contributed by atoms with van der Waals surface area (Å²) >= 11 is 0. The molecule has 0 saturated carbocycles. The Bertz CT molecular complexity index is 786. The van der Waals surface area contributed by atoms with Gasteiger partial charge in [0.15, 0.2) is 11.5 Å². The van der Waals surface area contributed by atoms with Gasteiger partial charge in [0.25, 0.3) is 0 Å². The molecule has 1 aliphatic heterocycles. The summed E-state index contributed by atoms with van der Waals surface area (Å²) in [4.78, 5) is 16.8. The molecule has 156 valence electrons. The molecule has 0 unspecified atom stereocenters. The topological polar surface area (TPSA) is 42.0 Å². The number of likely N-dealkylation sites (N-methyl/N-ethyl adjacent to an activating group) is 1. The van der Waals surface area contributed by atoms with Crippen LogP contribution in [0.2, 0.25) is 0 Å². The Labute approximate surface area is 174 Å². The molecule has 1 fully saturated rings. The average molecular weight is 397 g/mol. The predicted octanol–water partition coefficient (Wildman–Crippen LogP) is 3.62. The number of benzene rings is 2. The summed E-state index contributed by atoms with van der Waals surface area (Å²) in [5.74, 6) is 2.25. The standard InChI is InChI=1S/C24H32N2O3/c1-25(17-21-9-10-22(28-2)23(16-21)29-3)24(27)18-26-13-11-20(12-14-26)15-19-7-5-4-6-8-19/h4-10,16,20H,11-15,17-18H2,1-3H3. The first kappa shape index (κ1) is 21.2. The zero-order valence-corrected chi connectivity index (χ0v) is 17.8. The van der Waals surface area contributed by atoms with Gasteiger partial charge in [0.2, 0.25) is 5.91 Å². The summed E-state index contributed by atoms with van der Waals surface area (Å²) in [7, 11) is 5.11. The van der Waals surface area contributed by atoms with E-state index in [4.69, 9.17) is 9.47 Å². The first-order valence-corrected chi connectivity index (χ1v) is 10.3. The molecule has 2 aromatic carbocycles. The van der Waals surface area contributed by atoms with E-state index in [9.17, 15) is 4.79 Å². The van der Waals surface area contributed by atoms with Gasteiger partial charge in [0, 0.05) is 13.6 Å². The number of rotatable bonds is 8. The Hall–Kier alpha value is -2.53. The molecule has 0 aromatic heterocycles. The zero-order chi connectivity index (χ0) is 20.6. The Morgan fingerprint density at radius 3 is 2.34 bits per heavy atom. The number of ether oxygens (including phenoxy) is 2. The highest BCUT2D eigenvalue weighted by Crippen LogP contribution is 2.28. The van der Waals surface area contributed by atoms with Crippen molar-refractivity contribution < 1.29 is 14.3 Å². The summed E-state index contributed by atoms with van der Waals surface area (Å²) in [6.07, 6.45) is 3.45. The summed E-state index contributed by atoms with van der Waals surface area (Å²) in [6, 6.07) is 16.5. The van der Waals surface area contributed by atoms with Gasteiger partial charge >= 0.3 is 0 Å². The Kier molecular flexibility index (Phi) is 7.53. The van der Waals surface area contributed by atoms with Crippen LogP contribution in [0.3, 0.4) is 0 Å². The summed E-state index contributed by atoms with van der Waals surface area (Å²) in [6.45, 7) is 3.03. The van der Waals surface area contributed by atoms with Gasteiger partial charge in [-0.05, 0) is 61.5 Å². The van der Waals surface area contributed by atoms with Gasteiger partial charge in [-0.2, -0.15) is 0 Å². The van der Waals surface area contributed by atoms with Crippen molar-refractivity contribution in [2.45, 2.75) is 25.8 Å². The number of carbonyl (C=O) groups is 1. The van der Waals surface area contributed by atoms with E-state index in [1.807, 2.05) is 25.2 Å². The second-order valence-electron chi connectivity index (χ2n) is 7.85. The molecule has 2 aromatic rings. The lowest BCUT2D eigenvalue weighted by Crippen LogP contribution is -2.42. The number of amides is 1. The molecule has 1 aliphatic rings. The van der Waals surface area contributed by atoms with E-state index in [1.54, 1.807) is 19.1 Å². The monoisotopic (exact) mass is 396 g/mol. The Morgan fingerprint density at radius 1 is 1.00 bits per heavy atom. The van der Waals surface area contributed by atoms with Crippen LogP contribution in [0, 0.1) is 5.92 Å². The SMILES string of the molecule is COc1ccc(CN(C)C(=O)CN2CCC(Cc3ccccc3)CC2)cc1OC. The molecule has 5 heteroatoms. The van der Waals surface area contributed by atoms with Crippen molar-refractivity contribution in [2.75, 3.05) is 40.9 Å². The van der Waals surface area contributed by atoms with Gasteiger partial charge in [-0.15, -0.1) is 0 Å². The van der Waals surface area contributed by atoms with Gasteiger partial charge < -0.3 is 14.4 Å². The molecule has 5 nitrogen and oxygen atoms in total. The molecule has 0 aliphatic carbocycles. The third-order valence-electron chi connectivity index (χ3n) is 5.73. The van der Waals surface area contributed by atoms with Crippen LogP contribution in [0.1, 0.15) is 24.0 Å². The van der Waals surface area contributed by atoms with E-state index in [2.05, 4.69) is 35.2 Å². The number of hydrogen-bond acceptors (Lipinski definition) is 4. The predicted molar refractivity (Wildman–Crippen MR) is 115 cm³/mol. The van der Waals surface area contributed by atoms with Crippen molar-refractivity contribution in [3.8, 4) is 11.5 Å². The maximum atomic E-state index is 12.7. The number of nitrogens with zero attached hydrogens (tertiary/aromatic N) is 2. The number of hydrogen-bond donors (Lipinski definition) is 0. The summed E-state index contributed by atoms with van der Waals surface area (Å²) < 4.78 is 10.6. The highest BCUT2D eigenvalue weighted by Gasteiger charge is 2.22. The average Bonchev–Trinajstić information content (AvgIpc) is 2.75. The molecular weight excluding hydrogens is 364 g/mol. The number of carbonyl (C=O) groups excluding carboxylic acids is 1. The van der Waals surface area contributed by atoms with Gasteiger partial charge in [0.1, 0.15) is 0 Å². The third kappa shape index (κ3) is 5.97. The third-order valence-corrected chi connectivity index (χ3v) is 5.73. The van der Waals surface area contributed by atoms with E-state index < -0.39 is 0 Å². The van der Waals surface area contributed by atoms with Gasteiger partial charge in [0.05, 0.1) is 20.8 Å². The lowest BCUT2D eigenvalue weighted by Gasteiger charge is -2.32. The molecule has 1 heterocycles. The molecule has 1 saturated heterocycles. The van der Waals surface area contributed by atoms with E-state index in [0.29, 0.717) is 30.5 Å². The van der Waals surface area contributed by atoms with Gasteiger partial charge in [-0.1, -0.05) is 36.4 Å². The Balaban J connectivity index is 1.45. The highest BCUT2D eigenvalue weighted by atomic mass is 16.5. The number of likely N-dealkylation sites (tertiary alicyclic amines) is 1. The minimum atomic E-state index is 0.154. The van der Waals surface area contributed by atoms with E-state index in [-0.39, 0.29) is 5.91 Å². The van der Waals surface area contributed by atoms with E-state index in [0.717, 1.165) is 37.9 Å². The molecule has 29 heavy (non-hydrogen) atoms. The second-order valence-corrected chi connectivity index (χ2v) is 7.85. The first-order valence-electron chi connectivity index (χ1n) is 10.3. The molecule has 1 amide bonds. The van der Waals surface area contributed by atoms with Crippen LogP contribution in [0.4, 0.5) is 0 Å². The minimum absolute atomic E-state index is 0.154. The van der Waals surface area contributed by atoms with E-state index in [1.165, 1.54) is 5.56 Å². The molecule has 0 radical (unpaired) electrons. The van der Waals surface area contributed by atoms with Crippen molar-refractivity contribution in [2.24, 2.45) is 5.92 Å². The van der Waals surface area contributed by atoms with Crippen LogP contribution < -0.4 is 9.47 Å². The molecule has 0 bridgehead atoms. The maximum Gasteiger partial charge on any atom is 0.236 e. The summed E-state index contributed by atoms with van der Waals surface area (Å²) in [5.41, 5.74) is 2.44. The van der Waals surface area contributed by atoms with Crippen molar-refractivity contribution in [1.82, 2.24) is 9.80 Å². The van der Waals surface area contributed by atoms with Crippen LogP contribution in [0.25, 0.3) is 0 Å². The quantitative estimate of drug-likeness (QED) is 0.684. The Morgan fingerprint density at radius 2 is 1.69 bits per heavy atom. The van der Waals surface area contributed by atoms with Gasteiger partial charge in [-0.3, -0.25) is 9.69 Å². The summed E-state index contributed by atoms with van der Waals surface area (Å²) in [5, 5.41) is 0. The van der Waals surface area contributed by atoms with E-state index >= 15 is 0 Å². The molecule has 0 atom stereocenters. The normalized spacial score (nSPS) is 15.1. The first-order chi connectivity index (χ1) is 14.1.